The zero-order valence-corrected chi connectivity index (χ0v) is 17.5. The van der Waals surface area contributed by atoms with Crippen LogP contribution in [0.2, 0.25) is 0 Å². The molecule has 0 fully saturated rings. The Morgan fingerprint density at radius 1 is 1.10 bits per heavy atom. The molecule has 1 atom stereocenters. The van der Waals surface area contributed by atoms with Crippen LogP contribution in [0.15, 0.2) is 60.8 Å². The minimum atomic E-state index is -1.01. The van der Waals surface area contributed by atoms with Gasteiger partial charge in [-0.2, -0.15) is 5.10 Å². The number of halogens is 1. The Hall–Kier alpha value is -3.68. The molecule has 0 saturated carbocycles. The van der Waals surface area contributed by atoms with Crippen LogP contribution in [-0.2, 0) is 16.1 Å². The molecule has 2 aromatic carbocycles. The second-order valence-electron chi connectivity index (χ2n) is 7.23. The zero-order valence-electron chi connectivity index (χ0n) is 17.5. The first-order chi connectivity index (χ1) is 14.8. The number of nitrogens with zero attached hydrogens (tertiary/aromatic N) is 2. The molecule has 31 heavy (non-hydrogen) atoms. The smallest absolute Gasteiger partial charge is 0.339 e. The van der Waals surface area contributed by atoms with Crippen molar-refractivity contribution in [3.8, 4) is 5.75 Å². The number of nitrogens with one attached hydrogen (secondary N) is 1. The van der Waals surface area contributed by atoms with Crippen LogP contribution in [0.4, 0.5) is 10.2 Å². The summed E-state index contributed by atoms with van der Waals surface area (Å²) in [4.78, 5) is 24.9. The maximum Gasteiger partial charge on any atom is 0.339 e. The molecular formula is C23H24FN3O4. The van der Waals surface area contributed by atoms with Crippen LogP contribution >= 0.6 is 0 Å². The van der Waals surface area contributed by atoms with Crippen molar-refractivity contribution < 1.29 is 23.5 Å². The number of hydrogen-bond acceptors (Lipinski definition) is 5. The third kappa shape index (κ3) is 5.91. The molecule has 1 unspecified atom stereocenters. The molecule has 0 aliphatic carbocycles. The van der Waals surface area contributed by atoms with Gasteiger partial charge in [0.25, 0.3) is 5.91 Å². The van der Waals surface area contributed by atoms with Crippen molar-refractivity contribution >= 4 is 17.7 Å². The molecule has 1 N–H and O–H groups in total. The number of rotatable bonds is 8. The van der Waals surface area contributed by atoms with E-state index in [1.54, 1.807) is 47.3 Å². The fourth-order valence-electron chi connectivity index (χ4n) is 2.79. The standard InChI is InChI=1S/C23H24FN3O4/c1-15(2)27-21(11-12-25-27)26-22(28)16(3)31-23(29)18-5-4-6-20(13-18)30-14-17-7-9-19(24)10-8-17/h4-13,15-16H,14H2,1-3H3,(H,26,28). The summed E-state index contributed by atoms with van der Waals surface area (Å²) < 4.78 is 25.6. The van der Waals surface area contributed by atoms with E-state index >= 15 is 0 Å². The molecule has 1 heterocycles. The van der Waals surface area contributed by atoms with Gasteiger partial charge >= 0.3 is 5.97 Å². The molecule has 0 bridgehead atoms. The molecule has 0 saturated heterocycles. The van der Waals surface area contributed by atoms with E-state index in [9.17, 15) is 14.0 Å². The molecule has 162 valence electrons. The molecule has 3 rings (SSSR count). The average Bonchev–Trinajstić information content (AvgIpc) is 3.22. The first kappa shape index (κ1) is 22.0. The highest BCUT2D eigenvalue weighted by Gasteiger charge is 2.21. The third-order valence-corrected chi connectivity index (χ3v) is 4.45. The number of anilines is 1. The van der Waals surface area contributed by atoms with Crippen molar-refractivity contribution in [2.24, 2.45) is 0 Å². The Bertz CT molecular complexity index is 1050. The average molecular weight is 425 g/mol. The normalized spacial score (nSPS) is 11.8. The summed E-state index contributed by atoms with van der Waals surface area (Å²) >= 11 is 0. The van der Waals surface area contributed by atoms with Gasteiger partial charge in [-0.1, -0.05) is 18.2 Å². The highest BCUT2D eigenvalue weighted by Crippen LogP contribution is 2.18. The molecule has 7 nitrogen and oxygen atoms in total. The SMILES string of the molecule is CC(OC(=O)c1cccc(OCc2ccc(F)cc2)c1)C(=O)Nc1ccnn1C(C)C. The predicted molar refractivity (Wildman–Crippen MR) is 113 cm³/mol. The minimum absolute atomic E-state index is 0.0702. The van der Waals surface area contributed by atoms with Gasteiger partial charge in [-0.3, -0.25) is 4.79 Å². The Morgan fingerprint density at radius 3 is 2.55 bits per heavy atom. The van der Waals surface area contributed by atoms with Gasteiger partial charge in [-0.15, -0.1) is 0 Å². The van der Waals surface area contributed by atoms with Gasteiger partial charge in [-0.25, -0.2) is 13.9 Å². The van der Waals surface area contributed by atoms with Crippen LogP contribution in [0.1, 0.15) is 42.7 Å². The molecule has 3 aromatic rings. The summed E-state index contributed by atoms with van der Waals surface area (Å²) in [5.74, 6) is -0.442. The van der Waals surface area contributed by atoms with Gasteiger partial charge in [0, 0.05) is 12.1 Å². The summed E-state index contributed by atoms with van der Waals surface area (Å²) in [6.07, 6.45) is 0.579. The summed E-state index contributed by atoms with van der Waals surface area (Å²) in [5, 5.41) is 6.87. The summed E-state index contributed by atoms with van der Waals surface area (Å²) in [6, 6.07) is 14.2. The van der Waals surface area contributed by atoms with E-state index in [1.165, 1.54) is 25.1 Å². The van der Waals surface area contributed by atoms with E-state index in [1.807, 2.05) is 13.8 Å². The van der Waals surface area contributed by atoms with Gasteiger partial charge in [-0.05, 0) is 56.7 Å². The summed E-state index contributed by atoms with van der Waals surface area (Å²) in [6.45, 7) is 5.60. The molecule has 0 spiro atoms. The van der Waals surface area contributed by atoms with E-state index in [4.69, 9.17) is 9.47 Å². The number of carbonyl (C=O) groups excluding carboxylic acids is 2. The van der Waals surface area contributed by atoms with Gasteiger partial charge < -0.3 is 14.8 Å². The lowest BCUT2D eigenvalue weighted by Gasteiger charge is -2.16. The highest BCUT2D eigenvalue weighted by molar-refractivity contribution is 5.97. The van der Waals surface area contributed by atoms with Crippen molar-refractivity contribution in [1.82, 2.24) is 9.78 Å². The Morgan fingerprint density at radius 2 is 1.84 bits per heavy atom. The number of aromatic nitrogens is 2. The van der Waals surface area contributed by atoms with Crippen LogP contribution in [0.25, 0.3) is 0 Å². The van der Waals surface area contributed by atoms with Crippen molar-refractivity contribution in [2.45, 2.75) is 39.5 Å². The molecular weight excluding hydrogens is 401 g/mol. The van der Waals surface area contributed by atoms with Crippen LogP contribution in [0.5, 0.6) is 5.75 Å². The Kier molecular flexibility index (Phi) is 7.02. The molecule has 1 aromatic heterocycles. The lowest BCUT2D eigenvalue weighted by atomic mass is 10.2. The van der Waals surface area contributed by atoms with Crippen molar-refractivity contribution in [2.75, 3.05) is 5.32 Å². The number of carbonyl (C=O) groups is 2. The van der Waals surface area contributed by atoms with Crippen LogP contribution < -0.4 is 10.1 Å². The van der Waals surface area contributed by atoms with E-state index < -0.39 is 18.0 Å². The number of ether oxygens (including phenoxy) is 2. The van der Waals surface area contributed by atoms with E-state index in [0.29, 0.717) is 11.6 Å². The van der Waals surface area contributed by atoms with Gasteiger partial charge in [0.2, 0.25) is 0 Å². The van der Waals surface area contributed by atoms with E-state index in [-0.39, 0.29) is 24.0 Å². The first-order valence-electron chi connectivity index (χ1n) is 9.86. The third-order valence-electron chi connectivity index (χ3n) is 4.45. The second-order valence-corrected chi connectivity index (χ2v) is 7.23. The maximum absolute atomic E-state index is 13.0. The molecule has 0 radical (unpaired) electrons. The summed E-state index contributed by atoms with van der Waals surface area (Å²) in [5.41, 5.74) is 1.05. The molecule has 0 aliphatic rings. The zero-order chi connectivity index (χ0) is 22.4. The van der Waals surface area contributed by atoms with Crippen molar-refractivity contribution in [1.29, 1.82) is 0 Å². The number of hydrogen-bond donors (Lipinski definition) is 1. The topological polar surface area (TPSA) is 82.4 Å². The van der Waals surface area contributed by atoms with Gasteiger partial charge in [0.15, 0.2) is 6.10 Å². The number of amides is 1. The molecule has 0 aliphatic heterocycles. The van der Waals surface area contributed by atoms with Crippen LogP contribution in [0.3, 0.4) is 0 Å². The highest BCUT2D eigenvalue weighted by atomic mass is 19.1. The minimum Gasteiger partial charge on any atom is -0.489 e. The monoisotopic (exact) mass is 425 g/mol. The fourth-order valence-corrected chi connectivity index (χ4v) is 2.79. The van der Waals surface area contributed by atoms with Crippen LogP contribution in [0, 0.1) is 5.82 Å². The molecule has 1 amide bonds. The fraction of sp³-hybridized carbons (Fsp3) is 0.261. The predicted octanol–water partition coefficient (Wildman–Crippen LogP) is 4.37. The van der Waals surface area contributed by atoms with Crippen LogP contribution in [-0.4, -0.2) is 27.8 Å². The Labute approximate surface area is 179 Å². The van der Waals surface area contributed by atoms with E-state index in [0.717, 1.165) is 5.56 Å². The largest absolute Gasteiger partial charge is 0.489 e. The van der Waals surface area contributed by atoms with E-state index in [2.05, 4.69) is 10.4 Å². The van der Waals surface area contributed by atoms with Gasteiger partial charge in [0.05, 0.1) is 11.8 Å². The first-order valence-corrected chi connectivity index (χ1v) is 9.86. The maximum atomic E-state index is 13.0. The lowest BCUT2D eigenvalue weighted by Crippen LogP contribution is -2.31. The van der Waals surface area contributed by atoms with Crippen molar-refractivity contribution in [3.05, 3.63) is 77.7 Å². The molecule has 8 heteroatoms. The number of esters is 1. The second kappa shape index (κ2) is 9.88. The van der Waals surface area contributed by atoms with Gasteiger partial charge in [0.1, 0.15) is 24.0 Å². The van der Waals surface area contributed by atoms with Crippen molar-refractivity contribution in [3.63, 3.8) is 0 Å². The Balaban J connectivity index is 1.58. The lowest BCUT2D eigenvalue weighted by molar-refractivity contribution is -0.123. The number of benzene rings is 2. The quantitative estimate of drug-likeness (QED) is 0.542. The summed E-state index contributed by atoms with van der Waals surface area (Å²) in [7, 11) is 0.